The second-order valence-electron chi connectivity index (χ2n) is 8.70. The van der Waals surface area contributed by atoms with Gasteiger partial charge in [-0.1, -0.05) is 6.07 Å². The molecule has 0 bridgehead atoms. The van der Waals surface area contributed by atoms with E-state index < -0.39 is 0 Å². The van der Waals surface area contributed by atoms with Crippen molar-refractivity contribution in [1.82, 2.24) is 20.1 Å². The SMILES string of the molecule is O=C(C[C@@H]1COCCN1)N1CCC2(CCC(=O)N(CCc3ccccn3)C2)CC1. The van der Waals surface area contributed by atoms with Crippen molar-refractivity contribution in [1.29, 1.82) is 0 Å². The van der Waals surface area contributed by atoms with Gasteiger partial charge in [-0.25, -0.2) is 0 Å². The Balaban J connectivity index is 1.27. The standard InChI is InChI=1S/C22H32N4O3/c27-20-4-6-22(17-26(20)11-5-18-3-1-2-9-23-18)7-12-25(13-8-22)21(28)15-19-16-29-14-10-24-19/h1-3,9,19,24H,4-8,10-17H2/t19-/m1/s1. The molecule has 3 aliphatic rings. The maximum absolute atomic E-state index is 12.7. The molecule has 29 heavy (non-hydrogen) atoms. The second-order valence-corrected chi connectivity index (χ2v) is 8.70. The molecule has 0 aliphatic carbocycles. The lowest BCUT2D eigenvalue weighted by Crippen LogP contribution is -2.53. The molecule has 4 heterocycles. The number of nitrogens with zero attached hydrogens (tertiary/aromatic N) is 3. The first kappa shape index (κ1) is 20.3. The molecule has 0 aromatic carbocycles. The van der Waals surface area contributed by atoms with Crippen molar-refractivity contribution in [3.8, 4) is 0 Å². The van der Waals surface area contributed by atoms with Crippen LogP contribution in [0.25, 0.3) is 0 Å². The third-order valence-electron chi connectivity index (χ3n) is 6.71. The highest BCUT2D eigenvalue weighted by molar-refractivity contribution is 5.78. The minimum absolute atomic E-state index is 0.140. The molecule has 0 radical (unpaired) electrons. The van der Waals surface area contributed by atoms with Gasteiger partial charge < -0.3 is 19.9 Å². The van der Waals surface area contributed by atoms with E-state index in [1.54, 1.807) is 6.20 Å². The monoisotopic (exact) mass is 400 g/mol. The van der Waals surface area contributed by atoms with E-state index in [-0.39, 0.29) is 23.3 Å². The van der Waals surface area contributed by atoms with Crippen LogP contribution in [0.15, 0.2) is 24.4 Å². The molecule has 1 N–H and O–H groups in total. The molecule has 4 rings (SSSR count). The van der Waals surface area contributed by atoms with E-state index in [4.69, 9.17) is 4.74 Å². The van der Waals surface area contributed by atoms with Crippen LogP contribution >= 0.6 is 0 Å². The number of morpholine rings is 1. The molecule has 7 nitrogen and oxygen atoms in total. The van der Waals surface area contributed by atoms with Crippen molar-refractivity contribution in [3.63, 3.8) is 0 Å². The highest BCUT2D eigenvalue weighted by Crippen LogP contribution is 2.40. The van der Waals surface area contributed by atoms with E-state index in [0.29, 0.717) is 19.4 Å². The summed E-state index contributed by atoms with van der Waals surface area (Å²) in [5.74, 6) is 0.482. The molecule has 3 fully saturated rings. The van der Waals surface area contributed by atoms with Crippen LogP contribution in [0, 0.1) is 5.41 Å². The van der Waals surface area contributed by atoms with Crippen LogP contribution in [0.1, 0.15) is 37.8 Å². The van der Waals surface area contributed by atoms with Gasteiger partial charge in [0.1, 0.15) is 0 Å². The van der Waals surface area contributed by atoms with Gasteiger partial charge in [-0.2, -0.15) is 0 Å². The Morgan fingerprint density at radius 2 is 2.14 bits per heavy atom. The molecule has 0 saturated carbocycles. The molecule has 3 saturated heterocycles. The molecule has 158 valence electrons. The van der Waals surface area contributed by atoms with Gasteiger partial charge in [-0.15, -0.1) is 0 Å². The number of ether oxygens (including phenoxy) is 1. The molecule has 1 spiro atoms. The number of aromatic nitrogens is 1. The minimum atomic E-state index is 0.140. The van der Waals surface area contributed by atoms with Crippen LogP contribution in [0.5, 0.6) is 0 Å². The van der Waals surface area contributed by atoms with Gasteiger partial charge in [0.05, 0.1) is 13.2 Å². The van der Waals surface area contributed by atoms with E-state index >= 15 is 0 Å². The molecule has 1 aromatic heterocycles. The predicted molar refractivity (Wildman–Crippen MR) is 109 cm³/mol. The fourth-order valence-electron chi connectivity index (χ4n) is 4.83. The molecule has 0 unspecified atom stereocenters. The Morgan fingerprint density at radius 1 is 1.28 bits per heavy atom. The number of carbonyl (C=O) groups is 2. The third kappa shape index (κ3) is 5.14. The van der Waals surface area contributed by atoms with Crippen molar-refractivity contribution < 1.29 is 14.3 Å². The number of hydrogen-bond acceptors (Lipinski definition) is 5. The highest BCUT2D eigenvalue weighted by atomic mass is 16.5. The number of hydrogen-bond donors (Lipinski definition) is 1. The van der Waals surface area contributed by atoms with Crippen LogP contribution in [-0.2, 0) is 20.7 Å². The van der Waals surface area contributed by atoms with Crippen LogP contribution < -0.4 is 5.32 Å². The predicted octanol–water partition coefficient (Wildman–Crippen LogP) is 1.23. The number of nitrogens with one attached hydrogen (secondary N) is 1. The summed E-state index contributed by atoms with van der Waals surface area (Å²) >= 11 is 0. The number of piperidine rings is 2. The van der Waals surface area contributed by atoms with Gasteiger partial charge in [-0.3, -0.25) is 14.6 Å². The van der Waals surface area contributed by atoms with Gasteiger partial charge in [0.15, 0.2) is 0 Å². The smallest absolute Gasteiger partial charge is 0.224 e. The van der Waals surface area contributed by atoms with Gasteiger partial charge in [0.2, 0.25) is 11.8 Å². The fourth-order valence-corrected chi connectivity index (χ4v) is 4.83. The molecule has 3 aliphatic heterocycles. The summed E-state index contributed by atoms with van der Waals surface area (Å²) in [5.41, 5.74) is 1.20. The summed E-state index contributed by atoms with van der Waals surface area (Å²) in [7, 11) is 0. The maximum Gasteiger partial charge on any atom is 0.224 e. The summed E-state index contributed by atoms with van der Waals surface area (Å²) in [6.45, 7) is 5.32. The van der Waals surface area contributed by atoms with Crippen molar-refractivity contribution in [2.45, 2.75) is 44.6 Å². The Kier molecular flexibility index (Phi) is 6.45. The molecule has 2 amide bonds. The summed E-state index contributed by atoms with van der Waals surface area (Å²) in [6, 6.07) is 6.06. The molecule has 1 atom stereocenters. The number of pyridine rings is 1. The normalized spacial score (nSPS) is 24.7. The molecule has 1 aromatic rings. The quantitative estimate of drug-likeness (QED) is 0.805. The van der Waals surface area contributed by atoms with Gasteiger partial charge in [-0.05, 0) is 36.8 Å². The minimum Gasteiger partial charge on any atom is -0.378 e. The number of rotatable bonds is 5. The largest absolute Gasteiger partial charge is 0.378 e. The van der Waals surface area contributed by atoms with Crippen molar-refractivity contribution >= 4 is 11.8 Å². The number of carbonyl (C=O) groups excluding carboxylic acids is 2. The zero-order valence-corrected chi connectivity index (χ0v) is 17.1. The lowest BCUT2D eigenvalue weighted by Gasteiger charge is -2.47. The topological polar surface area (TPSA) is 74.8 Å². The highest BCUT2D eigenvalue weighted by Gasteiger charge is 2.41. The van der Waals surface area contributed by atoms with E-state index in [0.717, 1.165) is 70.7 Å². The lowest BCUT2D eigenvalue weighted by atomic mass is 9.72. The molecular weight excluding hydrogens is 368 g/mol. The van der Waals surface area contributed by atoms with Gasteiger partial charge in [0, 0.05) is 69.9 Å². The van der Waals surface area contributed by atoms with Crippen molar-refractivity contribution in [2.24, 2.45) is 5.41 Å². The van der Waals surface area contributed by atoms with Gasteiger partial charge >= 0.3 is 0 Å². The van der Waals surface area contributed by atoms with Crippen LogP contribution in [0.4, 0.5) is 0 Å². The van der Waals surface area contributed by atoms with E-state index in [1.165, 1.54) is 0 Å². The van der Waals surface area contributed by atoms with Crippen molar-refractivity contribution in [3.05, 3.63) is 30.1 Å². The lowest BCUT2D eigenvalue weighted by molar-refractivity contribution is -0.142. The summed E-state index contributed by atoms with van der Waals surface area (Å²) < 4.78 is 5.46. The van der Waals surface area contributed by atoms with Crippen molar-refractivity contribution in [2.75, 3.05) is 45.9 Å². The van der Waals surface area contributed by atoms with E-state index in [2.05, 4.69) is 10.3 Å². The Morgan fingerprint density at radius 3 is 2.86 bits per heavy atom. The number of amides is 2. The van der Waals surface area contributed by atoms with Crippen LogP contribution in [-0.4, -0.2) is 78.6 Å². The first-order valence-corrected chi connectivity index (χ1v) is 10.9. The second kappa shape index (κ2) is 9.22. The zero-order valence-electron chi connectivity index (χ0n) is 17.1. The molecule has 7 heteroatoms. The first-order valence-electron chi connectivity index (χ1n) is 10.9. The third-order valence-corrected chi connectivity index (χ3v) is 6.71. The fraction of sp³-hybridized carbons (Fsp3) is 0.682. The Hall–Kier alpha value is -1.99. The van der Waals surface area contributed by atoms with Crippen LogP contribution in [0.2, 0.25) is 0 Å². The summed E-state index contributed by atoms with van der Waals surface area (Å²) in [4.78, 5) is 33.5. The molecular formula is C22H32N4O3. The van der Waals surface area contributed by atoms with Gasteiger partial charge in [0.25, 0.3) is 0 Å². The Labute approximate surface area is 172 Å². The average Bonchev–Trinajstić information content (AvgIpc) is 2.76. The van der Waals surface area contributed by atoms with E-state index in [9.17, 15) is 9.59 Å². The van der Waals surface area contributed by atoms with E-state index in [1.807, 2.05) is 28.0 Å². The van der Waals surface area contributed by atoms with Crippen LogP contribution in [0.3, 0.4) is 0 Å². The summed E-state index contributed by atoms with van der Waals surface area (Å²) in [6.07, 6.45) is 6.66. The maximum atomic E-state index is 12.7. The number of likely N-dealkylation sites (tertiary alicyclic amines) is 2. The summed E-state index contributed by atoms with van der Waals surface area (Å²) in [5, 5.41) is 3.36. The average molecular weight is 401 g/mol. The zero-order chi connectivity index (χ0) is 20.1. The first-order chi connectivity index (χ1) is 14.1. The Bertz CT molecular complexity index is 697.